The normalized spacial score (nSPS) is 10.4. The van der Waals surface area contributed by atoms with Gasteiger partial charge in [-0.3, -0.25) is 4.68 Å². The first-order valence-corrected chi connectivity index (χ1v) is 6.00. The number of halogens is 1. The third-order valence-corrected chi connectivity index (χ3v) is 2.84. The lowest BCUT2D eigenvalue weighted by Gasteiger charge is -2.07. The predicted molar refractivity (Wildman–Crippen MR) is 72.1 cm³/mol. The molecule has 0 aliphatic heterocycles. The molecule has 1 heterocycles. The van der Waals surface area contributed by atoms with Crippen molar-refractivity contribution in [2.24, 2.45) is 0 Å². The number of anilines is 2. The summed E-state index contributed by atoms with van der Waals surface area (Å²) in [5.74, 6) is 0.697. The Bertz CT molecular complexity index is 595. The van der Waals surface area contributed by atoms with Crippen molar-refractivity contribution in [3.63, 3.8) is 0 Å². The molecule has 0 aliphatic rings. The maximum absolute atomic E-state index is 9.07. The molecule has 0 radical (unpaired) electrons. The Balaban J connectivity index is 2.29. The Hall–Kier alpha value is -1.99. The molecule has 4 nitrogen and oxygen atoms in total. The van der Waals surface area contributed by atoms with Gasteiger partial charge in [-0.25, -0.2) is 0 Å². The van der Waals surface area contributed by atoms with Crippen molar-refractivity contribution in [2.45, 2.75) is 19.9 Å². The predicted octanol–water partition coefficient (Wildman–Crippen LogP) is 3.73. The molecule has 92 valence electrons. The van der Waals surface area contributed by atoms with Crippen molar-refractivity contribution in [3.05, 3.63) is 41.0 Å². The van der Waals surface area contributed by atoms with Crippen molar-refractivity contribution in [1.29, 1.82) is 5.26 Å². The minimum absolute atomic E-state index is 0.301. The van der Waals surface area contributed by atoms with Crippen LogP contribution in [0.15, 0.2) is 30.5 Å². The van der Waals surface area contributed by atoms with E-state index in [4.69, 9.17) is 16.9 Å². The summed E-state index contributed by atoms with van der Waals surface area (Å²) in [5.41, 5.74) is 1.09. The van der Waals surface area contributed by atoms with Crippen molar-refractivity contribution in [2.75, 3.05) is 5.32 Å². The summed E-state index contributed by atoms with van der Waals surface area (Å²) >= 11 is 5.96. The summed E-state index contributed by atoms with van der Waals surface area (Å²) in [4.78, 5) is 0. The van der Waals surface area contributed by atoms with Gasteiger partial charge in [0.05, 0.1) is 16.3 Å². The van der Waals surface area contributed by atoms with E-state index in [0.29, 0.717) is 28.1 Å². The first kappa shape index (κ1) is 12.5. The van der Waals surface area contributed by atoms with Crippen LogP contribution in [0.4, 0.5) is 11.5 Å². The molecule has 18 heavy (non-hydrogen) atoms. The number of nitriles is 1. The number of nitrogens with one attached hydrogen (secondary N) is 1. The summed E-state index contributed by atoms with van der Waals surface area (Å²) in [6.45, 7) is 4.10. The highest BCUT2D eigenvalue weighted by Crippen LogP contribution is 2.25. The molecule has 0 unspecified atom stereocenters. The molecule has 0 spiro atoms. The van der Waals surface area contributed by atoms with Gasteiger partial charge >= 0.3 is 0 Å². The summed E-state index contributed by atoms with van der Waals surface area (Å²) in [6, 6.07) is 9.54. The molecule has 2 aromatic rings. The third kappa shape index (κ3) is 2.47. The van der Waals surface area contributed by atoms with Crippen molar-refractivity contribution in [3.8, 4) is 6.07 Å². The van der Waals surface area contributed by atoms with Gasteiger partial charge in [-0.05, 0) is 26.0 Å². The van der Waals surface area contributed by atoms with Gasteiger partial charge in [0.25, 0.3) is 0 Å². The van der Waals surface area contributed by atoms with Crippen molar-refractivity contribution >= 4 is 23.1 Å². The SMILES string of the molecule is CC(C)n1ccc(Nc2cccc(Cl)c2C#N)n1. The monoisotopic (exact) mass is 260 g/mol. The maximum atomic E-state index is 9.07. The van der Waals surface area contributed by atoms with Gasteiger partial charge < -0.3 is 5.32 Å². The minimum Gasteiger partial charge on any atom is -0.338 e. The summed E-state index contributed by atoms with van der Waals surface area (Å²) in [7, 11) is 0. The molecule has 2 rings (SSSR count). The molecule has 0 fully saturated rings. The van der Waals surface area contributed by atoms with Gasteiger partial charge in [0.15, 0.2) is 5.82 Å². The molecule has 0 saturated carbocycles. The van der Waals surface area contributed by atoms with Gasteiger partial charge in [0.1, 0.15) is 6.07 Å². The van der Waals surface area contributed by atoms with Crippen LogP contribution in [0.1, 0.15) is 25.5 Å². The molecule has 0 aliphatic carbocycles. The maximum Gasteiger partial charge on any atom is 0.152 e. The molecule has 0 bridgehead atoms. The smallest absolute Gasteiger partial charge is 0.152 e. The summed E-state index contributed by atoms with van der Waals surface area (Å²) in [5, 5.41) is 17.0. The van der Waals surface area contributed by atoms with Crippen LogP contribution < -0.4 is 5.32 Å². The largest absolute Gasteiger partial charge is 0.338 e. The number of nitrogens with zero attached hydrogens (tertiary/aromatic N) is 3. The van der Waals surface area contributed by atoms with Gasteiger partial charge in [-0.15, -0.1) is 0 Å². The molecular weight excluding hydrogens is 248 g/mol. The second kappa shape index (κ2) is 5.11. The molecule has 1 aromatic carbocycles. The van der Waals surface area contributed by atoms with Crippen LogP contribution in [0.3, 0.4) is 0 Å². The molecule has 1 N–H and O–H groups in total. The molecule has 5 heteroatoms. The second-order valence-corrected chi connectivity index (χ2v) is 4.58. The van der Waals surface area contributed by atoms with Crippen LogP contribution in [0.25, 0.3) is 0 Å². The average Bonchev–Trinajstić information content (AvgIpc) is 2.78. The highest BCUT2D eigenvalue weighted by atomic mass is 35.5. The van der Waals surface area contributed by atoms with E-state index in [2.05, 4.69) is 30.3 Å². The zero-order chi connectivity index (χ0) is 13.1. The Morgan fingerprint density at radius 1 is 1.39 bits per heavy atom. The number of aromatic nitrogens is 2. The summed E-state index contributed by atoms with van der Waals surface area (Å²) in [6.07, 6.45) is 1.89. The van der Waals surface area contributed by atoms with Gasteiger partial charge in [0, 0.05) is 18.3 Å². The number of rotatable bonds is 3. The zero-order valence-electron chi connectivity index (χ0n) is 10.2. The highest BCUT2D eigenvalue weighted by molar-refractivity contribution is 6.32. The van der Waals surface area contributed by atoms with E-state index >= 15 is 0 Å². The van der Waals surface area contributed by atoms with Crippen molar-refractivity contribution < 1.29 is 0 Å². The summed E-state index contributed by atoms with van der Waals surface area (Å²) < 4.78 is 1.85. The van der Waals surface area contributed by atoms with E-state index in [1.807, 2.05) is 16.9 Å². The van der Waals surface area contributed by atoms with Gasteiger partial charge in [0.2, 0.25) is 0 Å². The zero-order valence-corrected chi connectivity index (χ0v) is 10.9. The lowest BCUT2D eigenvalue weighted by atomic mass is 10.2. The fraction of sp³-hybridized carbons (Fsp3) is 0.231. The number of benzene rings is 1. The second-order valence-electron chi connectivity index (χ2n) is 4.17. The van der Waals surface area contributed by atoms with Crippen LogP contribution in [-0.2, 0) is 0 Å². The lowest BCUT2D eigenvalue weighted by molar-refractivity contribution is 0.534. The number of hydrogen-bond donors (Lipinski definition) is 1. The molecule has 1 aromatic heterocycles. The van der Waals surface area contributed by atoms with E-state index in [0.717, 1.165) is 0 Å². The Kier molecular flexibility index (Phi) is 3.54. The van der Waals surface area contributed by atoms with E-state index in [1.165, 1.54) is 0 Å². The highest BCUT2D eigenvalue weighted by Gasteiger charge is 2.08. The lowest BCUT2D eigenvalue weighted by Crippen LogP contribution is -2.02. The van der Waals surface area contributed by atoms with Crippen LogP contribution in [-0.4, -0.2) is 9.78 Å². The van der Waals surface area contributed by atoms with Crippen molar-refractivity contribution in [1.82, 2.24) is 9.78 Å². The fourth-order valence-electron chi connectivity index (χ4n) is 1.57. The first-order chi connectivity index (χ1) is 8.61. The topological polar surface area (TPSA) is 53.6 Å². The van der Waals surface area contributed by atoms with Crippen LogP contribution in [0.5, 0.6) is 0 Å². The Morgan fingerprint density at radius 3 is 2.78 bits per heavy atom. The van der Waals surface area contributed by atoms with E-state index in [1.54, 1.807) is 18.2 Å². The standard InChI is InChI=1S/C13H13ClN4/c1-9(2)18-7-6-13(17-18)16-12-5-3-4-11(14)10(12)8-15/h3-7,9H,1-2H3,(H,16,17). The van der Waals surface area contributed by atoms with Crippen LogP contribution in [0.2, 0.25) is 5.02 Å². The van der Waals surface area contributed by atoms with E-state index in [9.17, 15) is 0 Å². The van der Waals surface area contributed by atoms with E-state index < -0.39 is 0 Å². The third-order valence-electron chi connectivity index (χ3n) is 2.53. The minimum atomic E-state index is 0.301. The molecule has 0 saturated heterocycles. The molecule has 0 atom stereocenters. The average molecular weight is 261 g/mol. The van der Waals surface area contributed by atoms with Crippen LogP contribution in [0, 0.1) is 11.3 Å². The molecular formula is C13H13ClN4. The number of hydrogen-bond acceptors (Lipinski definition) is 3. The Labute approximate surface area is 111 Å². The Morgan fingerprint density at radius 2 is 2.17 bits per heavy atom. The first-order valence-electron chi connectivity index (χ1n) is 5.62. The van der Waals surface area contributed by atoms with Gasteiger partial charge in [-0.1, -0.05) is 17.7 Å². The quantitative estimate of drug-likeness (QED) is 0.915. The van der Waals surface area contributed by atoms with E-state index in [-0.39, 0.29) is 0 Å². The van der Waals surface area contributed by atoms with Gasteiger partial charge in [-0.2, -0.15) is 10.4 Å². The fourth-order valence-corrected chi connectivity index (χ4v) is 1.79. The van der Waals surface area contributed by atoms with Crippen LogP contribution >= 0.6 is 11.6 Å². The molecule has 0 amide bonds.